The smallest absolute Gasteiger partial charge is 0.0642 e. The van der Waals surface area contributed by atoms with Gasteiger partial charge in [-0.1, -0.05) is 29.8 Å². The molecule has 202 valence electrons. The van der Waals surface area contributed by atoms with Crippen LogP contribution in [-0.4, -0.2) is 81.7 Å². The van der Waals surface area contributed by atoms with E-state index in [1.54, 1.807) is 0 Å². The maximum atomic E-state index is 5.68. The molecule has 5 rings (SSSR count). The zero-order valence-corrected chi connectivity index (χ0v) is 23.4. The highest BCUT2D eigenvalue weighted by Crippen LogP contribution is 2.35. The fourth-order valence-corrected chi connectivity index (χ4v) is 5.72. The minimum Gasteiger partial charge on any atom is -0.378 e. The van der Waals surface area contributed by atoms with Crippen molar-refractivity contribution in [2.75, 3.05) is 75.4 Å². The Bertz CT molecular complexity index is 1130. The number of aryl methyl sites for hydroxylation is 1. The van der Waals surface area contributed by atoms with Gasteiger partial charge in [0.25, 0.3) is 0 Å². The molecular weight excluding hydrogens is 470 g/mol. The van der Waals surface area contributed by atoms with Gasteiger partial charge in [0.15, 0.2) is 0 Å². The largest absolute Gasteiger partial charge is 0.378 e. The molecule has 0 amide bonds. The molecule has 6 nitrogen and oxygen atoms in total. The number of hydrogen-bond acceptors (Lipinski definition) is 6. The second-order valence-corrected chi connectivity index (χ2v) is 10.4. The number of benzene rings is 2. The number of anilines is 2. The summed E-state index contributed by atoms with van der Waals surface area (Å²) in [6, 6.07) is 17.9. The molecule has 2 saturated heterocycles. The lowest BCUT2D eigenvalue weighted by atomic mass is 10.1. The first-order valence-corrected chi connectivity index (χ1v) is 14.4. The van der Waals surface area contributed by atoms with Crippen LogP contribution in [0.25, 0.3) is 6.08 Å². The minimum atomic E-state index is 0.792. The number of allylic oxidation sites excluding steroid dienone is 2. The minimum absolute atomic E-state index is 0.792. The molecule has 2 aromatic carbocycles. The van der Waals surface area contributed by atoms with E-state index in [9.17, 15) is 0 Å². The summed E-state index contributed by atoms with van der Waals surface area (Å²) in [7, 11) is 0. The molecular formula is C32H43N5O. The maximum absolute atomic E-state index is 5.68. The second-order valence-electron chi connectivity index (χ2n) is 10.4. The van der Waals surface area contributed by atoms with Crippen molar-refractivity contribution < 1.29 is 4.74 Å². The Kier molecular flexibility index (Phi) is 8.69. The fourth-order valence-electron chi connectivity index (χ4n) is 5.72. The molecule has 2 fully saturated rings. The molecule has 1 aliphatic carbocycles. The van der Waals surface area contributed by atoms with E-state index in [2.05, 4.69) is 101 Å². The molecule has 0 spiro atoms. The van der Waals surface area contributed by atoms with Crippen molar-refractivity contribution in [2.45, 2.75) is 33.6 Å². The van der Waals surface area contributed by atoms with Crippen LogP contribution in [0.2, 0.25) is 0 Å². The van der Waals surface area contributed by atoms with Crippen molar-refractivity contribution in [3.05, 3.63) is 76.5 Å². The van der Waals surface area contributed by atoms with Crippen molar-refractivity contribution in [3.63, 3.8) is 0 Å². The van der Waals surface area contributed by atoms with E-state index >= 15 is 0 Å². The molecule has 2 heterocycles. The highest BCUT2D eigenvalue weighted by Gasteiger charge is 2.26. The van der Waals surface area contributed by atoms with Crippen molar-refractivity contribution in [2.24, 2.45) is 5.10 Å². The van der Waals surface area contributed by atoms with E-state index in [0.717, 1.165) is 78.4 Å². The van der Waals surface area contributed by atoms with Crippen LogP contribution in [0.4, 0.5) is 11.4 Å². The summed E-state index contributed by atoms with van der Waals surface area (Å²) in [6.45, 7) is 16.0. The summed E-state index contributed by atoms with van der Waals surface area (Å²) in [4.78, 5) is 7.37. The number of ether oxygens (including phenoxy) is 1. The molecule has 38 heavy (non-hydrogen) atoms. The normalized spacial score (nSPS) is 19.8. The first-order chi connectivity index (χ1) is 18.6. The van der Waals surface area contributed by atoms with Crippen LogP contribution in [0.1, 0.15) is 37.8 Å². The summed E-state index contributed by atoms with van der Waals surface area (Å²) in [6.07, 6.45) is 6.64. The quantitative estimate of drug-likeness (QED) is 0.441. The number of nitrogens with zero attached hydrogens (tertiary/aromatic N) is 5. The second kappa shape index (κ2) is 12.5. The number of piperazine rings is 1. The molecule has 0 atom stereocenters. The molecule has 6 heteroatoms. The van der Waals surface area contributed by atoms with E-state index in [1.807, 2.05) is 0 Å². The van der Waals surface area contributed by atoms with Gasteiger partial charge in [-0.05, 0) is 80.7 Å². The van der Waals surface area contributed by atoms with Crippen LogP contribution in [0.15, 0.2) is 70.5 Å². The number of rotatable bonds is 8. The SMILES string of the molecule is CCN(CC)c1ccc(/C=C2/CCC(/C=N/N3CCN(c4ccc(C)cc4)CC3)=C2N2CCOCC2)cc1. The lowest BCUT2D eigenvalue weighted by Crippen LogP contribution is -2.44. The van der Waals surface area contributed by atoms with Gasteiger partial charge in [-0.25, -0.2) is 0 Å². The number of hydrogen-bond donors (Lipinski definition) is 0. The molecule has 0 aromatic heterocycles. The Morgan fingerprint density at radius 1 is 0.816 bits per heavy atom. The molecule has 0 unspecified atom stereocenters. The Hall–Kier alpha value is -3.25. The van der Waals surface area contributed by atoms with Crippen LogP contribution in [-0.2, 0) is 4.74 Å². The van der Waals surface area contributed by atoms with Gasteiger partial charge in [0, 0.05) is 56.3 Å². The predicted molar refractivity (Wildman–Crippen MR) is 160 cm³/mol. The van der Waals surface area contributed by atoms with E-state index in [-0.39, 0.29) is 0 Å². The Labute approximate surface area is 228 Å². The average molecular weight is 514 g/mol. The Morgan fingerprint density at radius 3 is 2.16 bits per heavy atom. The van der Waals surface area contributed by atoms with E-state index in [0.29, 0.717) is 0 Å². The first-order valence-electron chi connectivity index (χ1n) is 14.4. The third-order valence-electron chi connectivity index (χ3n) is 7.99. The van der Waals surface area contributed by atoms with Gasteiger partial charge in [-0.3, -0.25) is 5.01 Å². The van der Waals surface area contributed by atoms with Gasteiger partial charge in [0.2, 0.25) is 0 Å². The monoisotopic (exact) mass is 513 g/mol. The van der Waals surface area contributed by atoms with Crippen LogP contribution >= 0.6 is 0 Å². The number of morpholine rings is 1. The van der Waals surface area contributed by atoms with Gasteiger partial charge in [0.05, 0.1) is 32.5 Å². The van der Waals surface area contributed by atoms with Crippen molar-refractivity contribution >= 4 is 23.7 Å². The third kappa shape index (κ3) is 6.24. The summed E-state index contributed by atoms with van der Waals surface area (Å²) >= 11 is 0. The molecule has 0 saturated carbocycles. The van der Waals surface area contributed by atoms with Gasteiger partial charge >= 0.3 is 0 Å². The topological polar surface area (TPSA) is 34.5 Å². The highest BCUT2D eigenvalue weighted by molar-refractivity contribution is 5.83. The van der Waals surface area contributed by atoms with Crippen molar-refractivity contribution in [1.29, 1.82) is 0 Å². The van der Waals surface area contributed by atoms with Crippen LogP contribution in [0.5, 0.6) is 0 Å². The van der Waals surface area contributed by atoms with Gasteiger partial charge < -0.3 is 19.4 Å². The molecule has 0 N–H and O–H groups in total. The molecule has 3 aliphatic rings. The lowest BCUT2D eigenvalue weighted by molar-refractivity contribution is 0.0548. The average Bonchev–Trinajstić information content (AvgIpc) is 3.37. The third-order valence-corrected chi connectivity index (χ3v) is 7.99. The van der Waals surface area contributed by atoms with Crippen LogP contribution in [0.3, 0.4) is 0 Å². The standard InChI is InChI=1S/C32H43N5O/c1-4-34(5-2)30-14-8-27(9-15-30)24-28-10-11-29(32(28)36-20-22-38-23-21-36)25-33-37-18-16-35(17-19-37)31-12-6-26(3)7-13-31/h6-9,12-15,24-25H,4-5,10-11,16-23H2,1-3H3/b28-24-,33-25+. The van der Waals surface area contributed by atoms with E-state index in [1.165, 1.54) is 39.3 Å². The van der Waals surface area contributed by atoms with E-state index < -0.39 is 0 Å². The van der Waals surface area contributed by atoms with Crippen molar-refractivity contribution in [1.82, 2.24) is 9.91 Å². The summed E-state index contributed by atoms with van der Waals surface area (Å²) < 4.78 is 5.68. The Morgan fingerprint density at radius 2 is 1.50 bits per heavy atom. The molecule has 2 aliphatic heterocycles. The highest BCUT2D eigenvalue weighted by atomic mass is 16.5. The summed E-state index contributed by atoms with van der Waals surface area (Å²) in [5.74, 6) is 0. The zero-order chi connectivity index (χ0) is 26.3. The van der Waals surface area contributed by atoms with Gasteiger partial charge in [-0.15, -0.1) is 0 Å². The maximum Gasteiger partial charge on any atom is 0.0642 e. The zero-order valence-electron chi connectivity index (χ0n) is 23.4. The van der Waals surface area contributed by atoms with Crippen LogP contribution < -0.4 is 9.80 Å². The predicted octanol–water partition coefficient (Wildman–Crippen LogP) is 5.41. The first kappa shape index (κ1) is 26.4. The lowest BCUT2D eigenvalue weighted by Gasteiger charge is -2.34. The van der Waals surface area contributed by atoms with Crippen LogP contribution in [0, 0.1) is 6.92 Å². The summed E-state index contributed by atoms with van der Waals surface area (Å²) in [5.41, 5.74) is 9.35. The summed E-state index contributed by atoms with van der Waals surface area (Å²) in [5, 5.41) is 7.22. The van der Waals surface area contributed by atoms with Gasteiger partial charge in [0.1, 0.15) is 0 Å². The van der Waals surface area contributed by atoms with E-state index in [4.69, 9.17) is 9.84 Å². The van der Waals surface area contributed by atoms with Crippen molar-refractivity contribution in [3.8, 4) is 0 Å². The molecule has 2 aromatic rings. The Balaban J connectivity index is 1.30. The molecule has 0 bridgehead atoms. The number of hydrazone groups is 1. The molecule has 0 radical (unpaired) electrons. The fraction of sp³-hybridized carbons (Fsp3) is 0.469. The van der Waals surface area contributed by atoms with Gasteiger partial charge in [-0.2, -0.15) is 5.10 Å².